The molecule has 3 aromatic rings. The average Bonchev–Trinajstić information content (AvgIpc) is 2.73. The predicted molar refractivity (Wildman–Crippen MR) is 75.9 cm³/mol. The monoisotopic (exact) mass is 304 g/mol. The van der Waals surface area contributed by atoms with Gasteiger partial charge in [0.1, 0.15) is 11.9 Å². The molecule has 98 valence electrons. The van der Waals surface area contributed by atoms with Gasteiger partial charge in [0.15, 0.2) is 10.4 Å². The van der Waals surface area contributed by atoms with Crippen molar-refractivity contribution in [2.45, 2.75) is 0 Å². The summed E-state index contributed by atoms with van der Waals surface area (Å²) in [5.41, 5.74) is 1.83. The maximum Gasteiger partial charge on any atom is 0.184 e. The third-order valence-electron chi connectivity index (χ3n) is 2.81. The minimum atomic E-state index is -0.479. The van der Waals surface area contributed by atoms with Crippen LogP contribution in [0.3, 0.4) is 0 Å². The molecule has 3 rings (SSSR count). The number of hydrogen-bond donors (Lipinski definition) is 1. The standard InChI is InChI=1S/C13H6ClFN4S/c14-8-4-10-12(17-6-8)19(13(20)18-10)11-2-1-9(15)3-7(11)5-16/h1-4,6H,(H,18,20). The minimum Gasteiger partial charge on any atom is -0.329 e. The van der Waals surface area contributed by atoms with E-state index in [-0.39, 0.29) is 5.56 Å². The molecule has 0 fully saturated rings. The number of aromatic amines is 1. The number of nitriles is 1. The Morgan fingerprint density at radius 1 is 1.40 bits per heavy atom. The topological polar surface area (TPSA) is 57.4 Å². The van der Waals surface area contributed by atoms with Gasteiger partial charge in [-0.2, -0.15) is 5.26 Å². The van der Waals surface area contributed by atoms with Crippen LogP contribution in [-0.2, 0) is 0 Å². The lowest BCUT2D eigenvalue weighted by Crippen LogP contribution is -1.99. The summed E-state index contributed by atoms with van der Waals surface area (Å²) in [7, 11) is 0. The molecular formula is C13H6ClFN4S. The molecule has 2 heterocycles. The highest BCUT2D eigenvalue weighted by Crippen LogP contribution is 2.23. The summed E-state index contributed by atoms with van der Waals surface area (Å²) in [6.45, 7) is 0. The van der Waals surface area contributed by atoms with Gasteiger partial charge in [0.05, 0.1) is 21.8 Å². The van der Waals surface area contributed by atoms with E-state index in [0.29, 0.717) is 26.6 Å². The quantitative estimate of drug-likeness (QED) is 0.697. The molecule has 0 atom stereocenters. The van der Waals surface area contributed by atoms with E-state index >= 15 is 0 Å². The second kappa shape index (κ2) is 4.71. The van der Waals surface area contributed by atoms with E-state index in [2.05, 4.69) is 9.97 Å². The van der Waals surface area contributed by atoms with Crippen molar-refractivity contribution in [2.75, 3.05) is 0 Å². The van der Waals surface area contributed by atoms with Crippen LogP contribution in [0.25, 0.3) is 16.9 Å². The van der Waals surface area contributed by atoms with E-state index in [1.807, 2.05) is 6.07 Å². The first-order valence-electron chi connectivity index (χ1n) is 5.56. The van der Waals surface area contributed by atoms with Crippen LogP contribution in [0.15, 0.2) is 30.5 Å². The molecule has 2 aromatic heterocycles. The second-order valence-electron chi connectivity index (χ2n) is 4.06. The molecule has 0 aliphatic rings. The molecule has 20 heavy (non-hydrogen) atoms. The van der Waals surface area contributed by atoms with Gasteiger partial charge in [0.25, 0.3) is 0 Å². The maximum absolute atomic E-state index is 13.2. The van der Waals surface area contributed by atoms with Gasteiger partial charge < -0.3 is 4.98 Å². The van der Waals surface area contributed by atoms with Gasteiger partial charge in [-0.25, -0.2) is 9.37 Å². The number of H-pyrrole nitrogens is 1. The zero-order chi connectivity index (χ0) is 14.3. The van der Waals surface area contributed by atoms with Crippen molar-refractivity contribution < 1.29 is 4.39 Å². The lowest BCUT2D eigenvalue weighted by molar-refractivity contribution is 0.627. The zero-order valence-electron chi connectivity index (χ0n) is 9.89. The number of halogens is 2. The van der Waals surface area contributed by atoms with Gasteiger partial charge in [-0.15, -0.1) is 0 Å². The van der Waals surface area contributed by atoms with Crippen molar-refractivity contribution in [3.8, 4) is 11.8 Å². The summed E-state index contributed by atoms with van der Waals surface area (Å²) in [5, 5.41) is 9.61. The van der Waals surface area contributed by atoms with E-state index in [0.717, 1.165) is 6.07 Å². The van der Waals surface area contributed by atoms with Crippen LogP contribution in [-0.4, -0.2) is 14.5 Å². The van der Waals surface area contributed by atoms with Crippen LogP contribution < -0.4 is 0 Å². The minimum absolute atomic E-state index is 0.179. The van der Waals surface area contributed by atoms with Crippen LogP contribution in [0, 0.1) is 21.9 Å². The summed E-state index contributed by atoms with van der Waals surface area (Å²) < 4.78 is 15.2. The Kier molecular flexibility index (Phi) is 3.01. The molecule has 0 bridgehead atoms. The normalized spacial score (nSPS) is 10.7. The lowest BCUT2D eigenvalue weighted by Gasteiger charge is -2.06. The Bertz CT molecular complexity index is 922. The number of nitrogens with one attached hydrogen (secondary N) is 1. The zero-order valence-corrected chi connectivity index (χ0v) is 11.5. The van der Waals surface area contributed by atoms with Crippen LogP contribution in [0.1, 0.15) is 5.56 Å². The van der Waals surface area contributed by atoms with Crippen molar-refractivity contribution in [3.05, 3.63) is 51.6 Å². The van der Waals surface area contributed by atoms with E-state index in [4.69, 9.17) is 29.1 Å². The Labute approximate surface area is 123 Å². The van der Waals surface area contributed by atoms with Gasteiger partial charge >= 0.3 is 0 Å². The summed E-state index contributed by atoms with van der Waals surface area (Å²) in [5.74, 6) is -0.479. The number of benzene rings is 1. The fraction of sp³-hybridized carbons (Fsp3) is 0. The molecular weight excluding hydrogens is 299 g/mol. The molecule has 0 saturated carbocycles. The first kappa shape index (κ1) is 12.8. The Morgan fingerprint density at radius 2 is 2.20 bits per heavy atom. The Hall–Kier alpha value is -2.23. The third-order valence-corrected chi connectivity index (χ3v) is 3.30. The first-order valence-corrected chi connectivity index (χ1v) is 6.35. The number of fused-ring (bicyclic) bond motifs is 1. The van der Waals surface area contributed by atoms with Crippen molar-refractivity contribution in [3.63, 3.8) is 0 Å². The van der Waals surface area contributed by atoms with E-state index in [9.17, 15) is 4.39 Å². The summed E-state index contributed by atoms with van der Waals surface area (Å²) in [6, 6.07) is 7.56. The maximum atomic E-state index is 13.2. The van der Waals surface area contributed by atoms with Crippen LogP contribution in [0.4, 0.5) is 4.39 Å². The molecule has 0 unspecified atom stereocenters. The Balaban J connectivity index is 2.39. The number of aromatic nitrogens is 3. The fourth-order valence-corrected chi connectivity index (χ4v) is 2.44. The highest BCUT2D eigenvalue weighted by atomic mass is 35.5. The van der Waals surface area contributed by atoms with Gasteiger partial charge in [0.2, 0.25) is 0 Å². The molecule has 4 nitrogen and oxygen atoms in total. The van der Waals surface area contributed by atoms with Crippen molar-refractivity contribution in [1.29, 1.82) is 5.26 Å². The molecule has 1 N–H and O–H groups in total. The molecule has 0 aliphatic heterocycles. The number of hydrogen-bond acceptors (Lipinski definition) is 3. The fourth-order valence-electron chi connectivity index (χ4n) is 1.99. The van der Waals surface area contributed by atoms with Gasteiger partial charge in [-0.05, 0) is 36.5 Å². The van der Waals surface area contributed by atoms with E-state index < -0.39 is 5.82 Å². The molecule has 7 heteroatoms. The number of rotatable bonds is 1. The second-order valence-corrected chi connectivity index (χ2v) is 4.89. The van der Waals surface area contributed by atoms with Crippen molar-refractivity contribution >= 4 is 35.0 Å². The summed E-state index contributed by atoms with van der Waals surface area (Å²) in [6.07, 6.45) is 1.48. The molecule has 0 amide bonds. The van der Waals surface area contributed by atoms with Crippen LogP contribution >= 0.6 is 23.8 Å². The van der Waals surface area contributed by atoms with Crippen LogP contribution in [0.2, 0.25) is 5.02 Å². The first-order chi connectivity index (χ1) is 9.60. The predicted octanol–water partition coefficient (Wildman–Crippen LogP) is 3.75. The third kappa shape index (κ3) is 1.97. The highest BCUT2D eigenvalue weighted by Gasteiger charge is 2.12. The highest BCUT2D eigenvalue weighted by molar-refractivity contribution is 7.71. The van der Waals surface area contributed by atoms with E-state index in [1.165, 1.54) is 18.3 Å². The largest absolute Gasteiger partial charge is 0.329 e. The Morgan fingerprint density at radius 3 is 2.95 bits per heavy atom. The van der Waals surface area contributed by atoms with E-state index in [1.54, 1.807) is 10.6 Å². The summed E-state index contributed by atoms with van der Waals surface area (Å²) in [4.78, 5) is 7.17. The molecule has 0 saturated heterocycles. The van der Waals surface area contributed by atoms with Crippen LogP contribution in [0.5, 0.6) is 0 Å². The molecule has 0 radical (unpaired) electrons. The number of imidazole rings is 1. The van der Waals surface area contributed by atoms with Gasteiger partial charge in [-0.1, -0.05) is 11.6 Å². The van der Waals surface area contributed by atoms with Gasteiger partial charge in [-0.3, -0.25) is 4.57 Å². The molecule has 1 aromatic carbocycles. The molecule has 0 spiro atoms. The molecule has 0 aliphatic carbocycles. The smallest absolute Gasteiger partial charge is 0.184 e. The number of pyridine rings is 1. The lowest BCUT2D eigenvalue weighted by atomic mass is 10.2. The summed E-state index contributed by atoms with van der Waals surface area (Å²) >= 11 is 11.1. The van der Waals surface area contributed by atoms with Crippen molar-refractivity contribution in [1.82, 2.24) is 14.5 Å². The number of nitrogens with zero attached hydrogens (tertiary/aromatic N) is 3. The SMILES string of the molecule is N#Cc1cc(F)ccc1-n1c(=S)[nH]c2cc(Cl)cnc21. The van der Waals surface area contributed by atoms with Gasteiger partial charge in [0, 0.05) is 6.20 Å². The van der Waals surface area contributed by atoms with Crippen molar-refractivity contribution in [2.24, 2.45) is 0 Å². The average molecular weight is 305 g/mol.